The number of aliphatic hydroxyl groups is 1. The van der Waals surface area contributed by atoms with Crippen LogP contribution in [0.1, 0.15) is 36.8 Å². The summed E-state index contributed by atoms with van der Waals surface area (Å²) in [6.45, 7) is 0.675. The minimum absolute atomic E-state index is 0.0786. The molecule has 20 heavy (non-hydrogen) atoms. The van der Waals surface area contributed by atoms with Gasteiger partial charge in [0.15, 0.2) is 0 Å². The molecule has 1 aromatic rings. The Kier molecular flexibility index (Phi) is 5.20. The highest BCUT2D eigenvalue weighted by Gasteiger charge is 2.27. The fourth-order valence-electron chi connectivity index (χ4n) is 2.29. The van der Waals surface area contributed by atoms with Crippen LogP contribution in [0.3, 0.4) is 0 Å². The minimum atomic E-state index is 0.0786. The number of hydrogen-bond donors (Lipinski definition) is 1. The Hall–Kier alpha value is -1.79. The zero-order valence-electron chi connectivity index (χ0n) is 11.9. The molecule has 1 N–H and O–H groups in total. The minimum Gasteiger partial charge on any atom is -0.395 e. The van der Waals surface area contributed by atoms with Gasteiger partial charge < -0.3 is 10.0 Å². The molecule has 0 heterocycles. The van der Waals surface area contributed by atoms with Gasteiger partial charge in [-0.05, 0) is 24.5 Å². The number of rotatable bonds is 4. The van der Waals surface area contributed by atoms with Gasteiger partial charge >= 0.3 is 0 Å². The lowest BCUT2D eigenvalue weighted by Gasteiger charge is -2.29. The van der Waals surface area contributed by atoms with E-state index in [1.807, 2.05) is 31.3 Å². The molecule has 1 fully saturated rings. The maximum atomic E-state index is 12.2. The number of nitrogens with zero attached hydrogens (tertiary/aromatic N) is 1. The Labute approximate surface area is 120 Å². The molecule has 0 unspecified atom stereocenters. The summed E-state index contributed by atoms with van der Waals surface area (Å²) in [5.41, 5.74) is 2.00. The topological polar surface area (TPSA) is 40.5 Å². The molecule has 0 spiro atoms. The molecule has 1 amide bonds. The Bertz CT molecular complexity index is 523. The summed E-state index contributed by atoms with van der Waals surface area (Å²) in [6.07, 6.45) is 3.71. The van der Waals surface area contributed by atoms with Crippen molar-refractivity contribution in [1.82, 2.24) is 4.90 Å². The van der Waals surface area contributed by atoms with Crippen LogP contribution in [0.25, 0.3) is 0 Å². The second-order valence-corrected chi connectivity index (χ2v) is 5.25. The van der Waals surface area contributed by atoms with E-state index in [-0.39, 0.29) is 18.4 Å². The molecule has 1 aliphatic carbocycles. The van der Waals surface area contributed by atoms with Gasteiger partial charge in [-0.3, -0.25) is 4.79 Å². The number of benzene rings is 1. The van der Waals surface area contributed by atoms with Crippen molar-refractivity contribution in [2.24, 2.45) is 5.92 Å². The van der Waals surface area contributed by atoms with E-state index in [0.717, 1.165) is 24.0 Å². The van der Waals surface area contributed by atoms with Crippen LogP contribution >= 0.6 is 0 Å². The van der Waals surface area contributed by atoms with Gasteiger partial charge in [0.1, 0.15) is 0 Å². The van der Waals surface area contributed by atoms with Crippen LogP contribution in [0.2, 0.25) is 0 Å². The molecule has 0 aromatic heterocycles. The van der Waals surface area contributed by atoms with Gasteiger partial charge in [-0.2, -0.15) is 0 Å². The SMILES string of the molecule is CN(Cc1ccccc1C#CCCO)C(=O)C1CCC1. The molecule has 0 radical (unpaired) electrons. The summed E-state index contributed by atoms with van der Waals surface area (Å²) in [7, 11) is 1.86. The Balaban J connectivity index is 2.05. The van der Waals surface area contributed by atoms with Crippen molar-refractivity contribution < 1.29 is 9.90 Å². The van der Waals surface area contributed by atoms with Crippen LogP contribution in [0.5, 0.6) is 0 Å². The lowest BCUT2D eigenvalue weighted by molar-refractivity contribution is -0.137. The summed E-state index contributed by atoms with van der Waals surface area (Å²) in [5, 5.41) is 8.77. The van der Waals surface area contributed by atoms with Crippen LogP contribution in [0.4, 0.5) is 0 Å². The highest BCUT2D eigenvalue weighted by molar-refractivity contribution is 5.79. The Morgan fingerprint density at radius 3 is 2.80 bits per heavy atom. The standard InChI is InChI=1S/C17H21NO2/c1-18(17(20)15-10-6-11-15)13-16-9-3-2-7-14(16)8-4-5-12-19/h2-3,7,9,15,19H,5-6,10-13H2,1H3. The van der Waals surface area contributed by atoms with Crippen molar-refractivity contribution in [3.05, 3.63) is 35.4 Å². The van der Waals surface area contributed by atoms with Crippen molar-refractivity contribution in [3.8, 4) is 11.8 Å². The quantitative estimate of drug-likeness (QED) is 0.853. The van der Waals surface area contributed by atoms with Gasteiger partial charge in [-0.1, -0.05) is 36.5 Å². The first-order valence-corrected chi connectivity index (χ1v) is 7.15. The molecular weight excluding hydrogens is 250 g/mol. The number of hydrogen-bond acceptors (Lipinski definition) is 2. The third kappa shape index (κ3) is 3.61. The predicted molar refractivity (Wildman–Crippen MR) is 78.8 cm³/mol. The predicted octanol–water partition coefficient (Wildman–Crippen LogP) is 2.18. The van der Waals surface area contributed by atoms with E-state index in [1.165, 1.54) is 6.42 Å². The first-order valence-electron chi connectivity index (χ1n) is 7.15. The van der Waals surface area contributed by atoms with Gasteiger partial charge in [0.2, 0.25) is 5.91 Å². The number of carbonyl (C=O) groups is 1. The fraction of sp³-hybridized carbons (Fsp3) is 0.471. The summed E-state index contributed by atoms with van der Waals surface area (Å²) in [5.74, 6) is 6.48. The van der Waals surface area contributed by atoms with Crippen LogP contribution < -0.4 is 0 Å². The number of carbonyl (C=O) groups excluding carboxylic acids is 1. The molecule has 0 bridgehead atoms. The Morgan fingerprint density at radius 2 is 2.15 bits per heavy atom. The van der Waals surface area contributed by atoms with Crippen LogP contribution in [-0.4, -0.2) is 29.6 Å². The molecule has 0 atom stereocenters. The van der Waals surface area contributed by atoms with E-state index in [0.29, 0.717) is 13.0 Å². The van der Waals surface area contributed by atoms with Gasteiger partial charge in [0.05, 0.1) is 6.61 Å². The highest BCUT2D eigenvalue weighted by Crippen LogP contribution is 2.28. The summed E-state index contributed by atoms with van der Waals surface area (Å²) in [4.78, 5) is 14.0. The summed E-state index contributed by atoms with van der Waals surface area (Å²) in [6, 6.07) is 7.88. The molecular formula is C17H21NO2. The van der Waals surface area contributed by atoms with E-state index in [9.17, 15) is 4.79 Å². The molecule has 3 heteroatoms. The highest BCUT2D eigenvalue weighted by atomic mass is 16.2. The zero-order valence-corrected chi connectivity index (χ0v) is 11.9. The van der Waals surface area contributed by atoms with Crippen molar-refractivity contribution in [2.75, 3.05) is 13.7 Å². The van der Waals surface area contributed by atoms with E-state index in [2.05, 4.69) is 11.8 Å². The lowest BCUT2D eigenvalue weighted by atomic mass is 9.84. The number of amides is 1. The third-order valence-corrected chi connectivity index (χ3v) is 3.72. The number of aliphatic hydroxyl groups excluding tert-OH is 1. The second kappa shape index (κ2) is 7.12. The van der Waals surface area contributed by atoms with Gasteiger partial charge in [0, 0.05) is 31.5 Å². The fourth-order valence-corrected chi connectivity index (χ4v) is 2.29. The van der Waals surface area contributed by atoms with Crippen molar-refractivity contribution >= 4 is 5.91 Å². The maximum Gasteiger partial charge on any atom is 0.225 e. The molecule has 0 saturated heterocycles. The van der Waals surface area contributed by atoms with E-state index in [4.69, 9.17) is 5.11 Å². The molecule has 1 aromatic carbocycles. The summed E-state index contributed by atoms with van der Waals surface area (Å²) < 4.78 is 0. The molecule has 2 rings (SSSR count). The van der Waals surface area contributed by atoms with E-state index < -0.39 is 0 Å². The molecule has 106 valence electrons. The Morgan fingerprint density at radius 1 is 1.40 bits per heavy atom. The van der Waals surface area contributed by atoms with Crippen LogP contribution in [-0.2, 0) is 11.3 Å². The normalized spacial score (nSPS) is 14.1. The van der Waals surface area contributed by atoms with Gasteiger partial charge in [0.25, 0.3) is 0 Å². The van der Waals surface area contributed by atoms with Crippen molar-refractivity contribution in [1.29, 1.82) is 0 Å². The monoisotopic (exact) mass is 271 g/mol. The van der Waals surface area contributed by atoms with Crippen molar-refractivity contribution in [2.45, 2.75) is 32.2 Å². The average Bonchev–Trinajstić information content (AvgIpc) is 2.39. The van der Waals surface area contributed by atoms with Crippen LogP contribution in [0.15, 0.2) is 24.3 Å². The second-order valence-electron chi connectivity index (χ2n) is 5.25. The molecule has 3 nitrogen and oxygen atoms in total. The average molecular weight is 271 g/mol. The van der Waals surface area contributed by atoms with Gasteiger partial charge in [-0.25, -0.2) is 0 Å². The van der Waals surface area contributed by atoms with E-state index in [1.54, 1.807) is 4.90 Å². The first kappa shape index (κ1) is 14.6. The summed E-state index contributed by atoms with van der Waals surface area (Å²) >= 11 is 0. The zero-order chi connectivity index (χ0) is 14.4. The smallest absolute Gasteiger partial charge is 0.225 e. The first-order chi connectivity index (χ1) is 9.72. The third-order valence-electron chi connectivity index (χ3n) is 3.72. The van der Waals surface area contributed by atoms with Gasteiger partial charge in [-0.15, -0.1) is 0 Å². The molecule has 1 aliphatic rings. The lowest BCUT2D eigenvalue weighted by Crippen LogP contribution is -2.35. The largest absolute Gasteiger partial charge is 0.395 e. The molecule has 1 saturated carbocycles. The van der Waals surface area contributed by atoms with Crippen molar-refractivity contribution in [3.63, 3.8) is 0 Å². The van der Waals surface area contributed by atoms with E-state index >= 15 is 0 Å². The van der Waals surface area contributed by atoms with Crippen LogP contribution in [0, 0.1) is 17.8 Å². The maximum absolute atomic E-state index is 12.2. The molecule has 0 aliphatic heterocycles.